The number of fused-ring (bicyclic) bond motifs is 2. The van der Waals surface area contributed by atoms with Gasteiger partial charge in [0, 0.05) is 47.6 Å². The van der Waals surface area contributed by atoms with E-state index in [1.165, 1.54) is 18.6 Å². The van der Waals surface area contributed by atoms with E-state index in [1.54, 1.807) is 6.20 Å². The summed E-state index contributed by atoms with van der Waals surface area (Å²) in [6.45, 7) is 7.86. The van der Waals surface area contributed by atoms with Gasteiger partial charge < -0.3 is 9.47 Å². The molecule has 33 heavy (non-hydrogen) atoms. The number of aromatic nitrogens is 2. The summed E-state index contributed by atoms with van der Waals surface area (Å²) < 4.78 is 12.1. The van der Waals surface area contributed by atoms with Crippen LogP contribution in [0.4, 0.5) is 0 Å². The zero-order valence-electron chi connectivity index (χ0n) is 19.5. The second-order valence-corrected chi connectivity index (χ2v) is 9.94. The number of hydrogen-bond donors (Lipinski definition) is 0. The molecular weight excluding hydrogens is 434 g/mol. The zero-order chi connectivity index (χ0) is 22.9. The second-order valence-electron chi connectivity index (χ2n) is 9.53. The summed E-state index contributed by atoms with van der Waals surface area (Å²) >= 11 is 6.50. The molecule has 1 saturated carbocycles. The van der Waals surface area contributed by atoms with E-state index in [9.17, 15) is 0 Å². The van der Waals surface area contributed by atoms with Gasteiger partial charge >= 0.3 is 0 Å². The van der Waals surface area contributed by atoms with Gasteiger partial charge in [-0.1, -0.05) is 32.4 Å². The fourth-order valence-corrected chi connectivity index (χ4v) is 4.35. The fraction of sp³-hybridized carbons (Fsp3) is 0.444. The van der Waals surface area contributed by atoms with E-state index in [0.717, 1.165) is 58.6 Å². The number of hydrogen-bond acceptors (Lipinski definition) is 5. The molecule has 2 aliphatic rings. The molecule has 0 N–H and O–H groups in total. The largest absolute Gasteiger partial charge is 0.489 e. The first kappa shape index (κ1) is 22.1. The Bertz CT molecular complexity index is 1200. The Morgan fingerprint density at radius 3 is 2.79 bits per heavy atom. The fourth-order valence-electron chi connectivity index (χ4n) is 4.12. The monoisotopic (exact) mass is 463 g/mol. The van der Waals surface area contributed by atoms with E-state index in [2.05, 4.69) is 42.9 Å². The maximum absolute atomic E-state index is 6.50. The molecule has 6 heteroatoms. The van der Waals surface area contributed by atoms with Crippen LogP contribution in [0.1, 0.15) is 52.0 Å². The standard InChI is InChI=1S/C27H30ClN3O2/c1-4-20-11-24(30-13-17-5-6-17)22-9-18-7-8-29-26(21(18)12-25(22)33-20)19-10-23(28)27(31-14-19)32-15-16(2)3/h7-10,12,14,16-17,20H,4-6,11,13,15H2,1-3H3. The smallest absolute Gasteiger partial charge is 0.232 e. The molecular formula is C27H30ClN3O2. The Morgan fingerprint density at radius 1 is 1.21 bits per heavy atom. The summed E-state index contributed by atoms with van der Waals surface area (Å²) in [5, 5.41) is 2.61. The molecule has 3 aromatic rings. The normalized spacial score (nSPS) is 19.1. The van der Waals surface area contributed by atoms with Crippen LogP contribution in [0.25, 0.3) is 22.0 Å². The second kappa shape index (κ2) is 9.30. The van der Waals surface area contributed by atoms with Gasteiger partial charge in [0.25, 0.3) is 0 Å². The molecule has 1 unspecified atom stereocenters. The van der Waals surface area contributed by atoms with Crippen LogP contribution in [0.2, 0.25) is 5.02 Å². The van der Waals surface area contributed by atoms with Gasteiger partial charge in [-0.2, -0.15) is 0 Å². The topological polar surface area (TPSA) is 56.6 Å². The summed E-state index contributed by atoms with van der Waals surface area (Å²) in [6.07, 6.45) is 8.21. The van der Waals surface area contributed by atoms with Gasteiger partial charge in [-0.05, 0) is 60.7 Å². The van der Waals surface area contributed by atoms with Crippen molar-refractivity contribution in [1.29, 1.82) is 0 Å². The van der Waals surface area contributed by atoms with E-state index in [1.807, 2.05) is 18.3 Å². The Morgan fingerprint density at radius 2 is 2.06 bits per heavy atom. The number of rotatable bonds is 7. The molecule has 0 saturated heterocycles. The van der Waals surface area contributed by atoms with Crippen molar-refractivity contribution in [3.63, 3.8) is 0 Å². The first-order valence-electron chi connectivity index (χ1n) is 11.9. The summed E-state index contributed by atoms with van der Waals surface area (Å²) in [7, 11) is 0. The molecule has 172 valence electrons. The lowest BCUT2D eigenvalue weighted by atomic mass is 9.94. The molecule has 5 nitrogen and oxygen atoms in total. The molecule has 2 aromatic heterocycles. The van der Waals surface area contributed by atoms with E-state index >= 15 is 0 Å². The number of aliphatic imine (C=N–C) groups is 1. The minimum Gasteiger partial charge on any atom is -0.489 e. The van der Waals surface area contributed by atoms with Gasteiger partial charge in [0.1, 0.15) is 16.9 Å². The Kier molecular flexibility index (Phi) is 6.24. The van der Waals surface area contributed by atoms with Crippen molar-refractivity contribution >= 4 is 28.1 Å². The number of nitrogens with zero attached hydrogens (tertiary/aromatic N) is 3. The van der Waals surface area contributed by atoms with Gasteiger partial charge in [-0.15, -0.1) is 0 Å². The maximum atomic E-state index is 6.50. The van der Waals surface area contributed by atoms with Crippen LogP contribution >= 0.6 is 11.6 Å². The Labute approximate surface area is 200 Å². The van der Waals surface area contributed by atoms with E-state index < -0.39 is 0 Å². The van der Waals surface area contributed by atoms with Crippen molar-refractivity contribution in [2.75, 3.05) is 13.2 Å². The number of ether oxygens (including phenoxy) is 2. The van der Waals surface area contributed by atoms with Crippen LogP contribution in [-0.4, -0.2) is 34.9 Å². The molecule has 5 rings (SSSR count). The van der Waals surface area contributed by atoms with E-state index in [-0.39, 0.29) is 6.10 Å². The third-order valence-corrected chi connectivity index (χ3v) is 6.49. The molecule has 1 atom stereocenters. The predicted octanol–water partition coefficient (Wildman–Crippen LogP) is 6.75. The zero-order valence-corrected chi connectivity index (χ0v) is 20.2. The van der Waals surface area contributed by atoms with Crippen LogP contribution in [0.15, 0.2) is 41.7 Å². The molecule has 1 aliphatic heterocycles. The van der Waals surface area contributed by atoms with Crippen LogP contribution in [0.3, 0.4) is 0 Å². The highest BCUT2D eigenvalue weighted by molar-refractivity contribution is 6.32. The van der Waals surface area contributed by atoms with Crippen molar-refractivity contribution < 1.29 is 9.47 Å². The number of halogens is 1. The molecule has 0 spiro atoms. The van der Waals surface area contributed by atoms with Gasteiger partial charge in [-0.3, -0.25) is 9.98 Å². The summed E-state index contributed by atoms with van der Waals surface area (Å²) in [5.41, 5.74) is 3.97. The van der Waals surface area contributed by atoms with Crippen LogP contribution in [0.5, 0.6) is 11.6 Å². The third kappa shape index (κ3) is 4.84. The van der Waals surface area contributed by atoms with Crippen molar-refractivity contribution in [2.24, 2.45) is 16.8 Å². The van der Waals surface area contributed by atoms with Crippen LogP contribution in [-0.2, 0) is 0 Å². The highest BCUT2D eigenvalue weighted by Crippen LogP contribution is 2.38. The molecule has 0 bridgehead atoms. The van der Waals surface area contributed by atoms with Crippen LogP contribution in [0, 0.1) is 11.8 Å². The molecule has 3 heterocycles. The van der Waals surface area contributed by atoms with E-state index in [0.29, 0.717) is 23.4 Å². The first-order valence-corrected chi connectivity index (χ1v) is 12.3. The molecule has 1 fully saturated rings. The molecule has 0 radical (unpaired) electrons. The average Bonchev–Trinajstić information content (AvgIpc) is 3.64. The maximum Gasteiger partial charge on any atom is 0.232 e. The third-order valence-electron chi connectivity index (χ3n) is 6.22. The predicted molar refractivity (Wildman–Crippen MR) is 134 cm³/mol. The summed E-state index contributed by atoms with van der Waals surface area (Å²) in [4.78, 5) is 14.1. The van der Waals surface area contributed by atoms with Gasteiger partial charge in [0.05, 0.1) is 12.3 Å². The summed E-state index contributed by atoms with van der Waals surface area (Å²) in [5.74, 6) is 2.51. The summed E-state index contributed by atoms with van der Waals surface area (Å²) in [6, 6.07) is 8.23. The number of pyridine rings is 2. The quantitative estimate of drug-likeness (QED) is 0.389. The van der Waals surface area contributed by atoms with Crippen molar-refractivity contribution in [1.82, 2.24) is 9.97 Å². The SMILES string of the molecule is CCC1CC(=NCC2CC2)c2cc3ccnc(-c4cnc(OCC(C)C)c(Cl)c4)c3cc2O1. The minimum absolute atomic E-state index is 0.154. The van der Waals surface area contributed by atoms with E-state index in [4.69, 9.17) is 26.1 Å². The molecule has 1 aliphatic carbocycles. The minimum atomic E-state index is 0.154. The molecule has 0 amide bonds. The van der Waals surface area contributed by atoms with Crippen molar-refractivity contribution in [2.45, 2.75) is 52.6 Å². The van der Waals surface area contributed by atoms with Crippen LogP contribution < -0.4 is 9.47 Å². The average molecular weight is 464 g/mol. The lowest BCUT2D eigenvalue weighted by molar-refractivity contribution is 0.198. The van der Waals surface area contributed by atoms with Gasteiger partial charge in [0.2, 0.25) is 5.88 Å². The molecule has 1 aromatic carbocycles. The Hall–Kier alpha value is -2.66. The van der Waals surface area contributed by atoms with Crippen molar-refractivity contribution in [3.8, 4) is 22.9 Å². The highest BCUT2D eigenvalue weighted by atomic mass is 35.5. The Balaban J connectivity index is 1.54. The van der Waals surface area contributed by atoms with Gasteiger partial charge in [0.15, 0.2) is 0 Å². The van der Waals surface area contributed by atoms with Gasteiger partial charge in [-0.25, -0.2) is 4.98 Å². The highest BCUT2D eigenvalue weighted by Gasteiger charge is 2.27. The first-order chi connectivity index (χ1) is 16.0. The van der Waals surface area contributed by atoms with Crippen molar-refractivity contribution in [3.05, 3.63) is 47.2 Å². The lowest BCUT2D eigenvalue weighted by Gasteiger charge is -2.27. The number of benzene rings is 1. The lowest BCUT2D eigenvalue weighted by Crippen LogP contribution is -2.27.